The highest BCUT2D eigenvalue weighted by atomic mass is 35.5. The molecule has 7 heteroatoms. The number of benzene rings is 1. The van der Waals surface area contributed by atoms with Gasteiger partial charge in [0.25, 0.3) is 5.69 Å². The maximum atomic E-state index is 10.7. The van der Waals surface area contributed by atoms with Gasteiger partial charge in [-0.2, -0.15) is 0 Å². The standard InChI is InChI=1S/C12H15ClN2O4/c1-8(12(16)17)6-14(2)7-9-3-4-10(15(18)19)5-11(9)13/h3-5,8H,6-7H2,1-2H3,(H,16,17). The van der Waals surface area contributed by atoms with Crippen molar-refractivity contribution in [3.63, 3.8) is 0 Å². The maximum Gasteiger partial charge on any atom is 0.307 e. The molecular formula is C12H15ClN2O4. The van der Waals surface area contributed by atoms with Gasteiger partial charge in [0.05, 0.1) is 15.9 Å². The zero-order chi connectivity index (χ0) is 14.6. The lowest BCUT2D eigenvalue weighted by Gasteiger charge is -2.19. The molecule has 6 nitrogen and oxygen atoms in total. The van der Waals surface area contributed by atoms with Crippen LogP contribution in [0.3, 0.4) is 0 Å². The number of hydrogen-bond donors (Lipinski definition) is 1. The zero-order valence-corrected chi connectivity index (χ0v) is 11.4. The highest BCUT2D eigenvalue weighted by molar-refractivity contribution is 6.31. The molecule has 0 aliphatic carbocycles. The van der Waals surface area contributed by atoms with Gasteiger partial charge in [-0.25, -0.2) is 0 Å². The van der Waals surface area contributed by atoms with Crippen LogP contribution < -0.4 is 0 Å². The van der Waals surface area contributed by atoms with Crippen molar-refractivity contribution < 1.29 is 14.8 Å². The van der Waals surface area contributed by atoms with Gasteiger partial charge in [-0.3, -0.25) is 14.9 Å². The van der Waals surface area contributed by atoms with Crippen LogP contribution in [0.2, 0.25) is 5.02 Å². The Hall–Kier alpha value is -1.66. The van der Waals surface area contributed by atoms with Crippen LogP contribution in [0.15, 0.2) is 18.2 Å². The average molecular weight is 287 g/mol. The first kappa shape index (κ1) is 15.4. The second-order valence-corrected chi connectivity index (χ2v) is 4.88. The summed E-state index contributed by atoms with van der Waals surface area (Å²) in [5.41, 5.74) is 0.669. The lowest BCUT2D eigenvalue weighted by atomic mass is 10.1. The average Bonchev–Trinajstić information content (AvgIpc) is 2.31. The predicted octanol–water partition coefficient (Wildman–Crippen LogP) is 2.40. The van der Waals surface area contributed by atoms with Crippen LogP contribution in [0.5, 0.6) is 0 Å². The zero-order valence-electron chi connectivity index (χ0n) is 10.7. The molecular weight excluding hydrogens is 272 g/mol. The topological polar surface area (TPSA) is 83.7 Å². The molecule has 0 saturated carbocycles. The van der Waals surface area contributed by atoms with Crippen molar-refractivity contribution in [1.29, 1.82) is 0 Å². The van der Waals surface area contributed by atoms with Gasteiger partial charge in [0.1, 0.15) is 0 Å². The van der Waals surface area contributed by atoms with E-state index in [1.165, 1.54) is 12.1 Å². The largest absolute Gasteiger partial charge is 0.481 e. The van der Waals surface area contributed by atoms with E-state index in [-0.39, 0.29) is 5.69 Å². The molecule has 0 aromatic heterocycles. The highest BCUT2D eigenvalue weighted by Crippen LogP contribution is 2.23. The lowest BCUT2D eigenvalue weighted by Crippen LogP contribution is -2.28. The van der Waals surface area contributed by atoms with Crippen molar-refractivity contribution in [2.24, 2.45) is 5.92 Å². The molecule has 104 valence electrons. The minimum absolute atomic E-state index is 0.0599. The third-order valence-electron chi connectivity index (χ3n) is 2.69. The molecule has 0 aliphatic rings. The van der Waals surface area contributed by atoms with Crippen LogP contribution in [-0.2, 0) is 11.3 Å². The number of carboxylic acids is 1. The Balaban J connectivity index is 2.72. The van der Waals surface area contributed by atoms with Crippen LogP contribution in [0, 0.1) is 16.0 Å². The molecule has 1 rings (SSSR count). The number of aliphatic carboxylic acids is 1. The molecule has 0 bridgehead atoms. The molecule has 1 aromatic rings. The number of halogens is 1. The Labute approximate surface area is 115 Å². The Morgan fingerprint density at radius 1 is 1.58 bits per heavy atom. The first-order valence-electron chi connectivity index (χ1n) is 5.65. The van der Waals surface area contributed by atoms with E-state index in [1.807, 2.05) is 4.90 Å². The van der Waals surface area contributed by atoms with E-state index in [0.717, 1.165) is 5.56 Å². The third kappa shape index (κ3) is 4.50. The van der Waals surface area contributed by atoms with E-state index < -0.39 is 16.8 Å². The van der Waals surface area contributed by atoms with Crippen molar-refractivity contribution in [3.05, 3.63) is 38.9 Å². The second kappa shape index (κ2) is 6.49. The van der Waals surface area contributed by atoms with Crippen molar-refractivity contribution in [1.82, 2.24) is 4.90 Å². The van der Waals surface area contributed by atoms with Gasteiger partial charge in [-0.15, -0.1) is 0 Å². The normalized spacial score (nSPS) is 12.4. The summed E-state index contributed by atoms with van der Waals surface area (Å²) in [5, 5.41) is 19.7. The monoisotopic (exact) mass is 286 g/mol. The molecule has 0 amide bonds. The van der Waals surface area contributed by atoms with Gasteiger partial charge in [0.15, 0.2) is 0 Å². The van der Waals surface area contributed by atoms with Crippen LogP contribution in [-0.4, -0.2) is 34.5 Å². The van der Waals surface area contributed by atoms with Gasteiger partial charge in [-0.05, 0) is 18.7 Å². The van der Waals surface area contributed by atoms with E-state index >= 15 is 0 Å². The summed E-state index contributed by atoms with van der Waals surface area (Å²) >= 11 is 5.97. The molecule has 0 aliphatic heterocycles. The van der Waals surface area contributed by atoms with Gasteiger partial charge < -0.3 is 10.0 Å². The van der Waals surface area contributed by atoms with Crippen LogP contribution in [0.1, 0.15) is 12.5 Å². The quantitative estimate of drug-likeness (QED) is 0.641. The summed E-state index contributed by atoms with van der Waals surface area (Å²) in [6.45, 7) is 2.44. The molecule has 0 saturated heterocycles. The van der Waals surface area contributed by atoms with Gasteiger partial charge in [0.2, 0.25) is 0 Å². The predicted molar refractivity (Wildman–Crippen MR) is 71.2 cm³/mol. The third-order valence-corrected chi connectivity index (χ3v) is 3.05. The number of nitrogens with zero attached hydrogens (tertiary/aromatic N) is 2. The molecule has 0 spiro atoms. The van der Waals surface area contributed by atoms with E-state index in [9.17, 15) is 14.9 Å². The Bertz CT molecular complexity index is 493. The van der Waals surface area contributed by atoms with Crippen LogP contribution >= 0.6 is 11.6 Å². The molecule has 1 N–H and O–H groups in total. The number of non-ortho nitro benzene ring substituents is 1. The van der Waals surface area contributed by atoms with E-state index in [1.54, 1.807) is 20.0 Å². The fourth-order valence-electron chi connectivity index (χ4n) is 1.68. The highest BCUT2D eigenvalue weighted by Gasteiger charge is 2.15. The Morgan fingerprint density at radius 3 is 2.68 bits per heavy atom. The lowest BCUT2D eigenvalue weighted by molar-refractivity contribution is -0.384. The molecule has 0 fully saturated rings. The van der Waals surface area contributed by atoms with Gasteiger partial charge in [-0.1, -0.05) is 18.5 Å². The Kier molecular flexibility index (Phi) is 5.26. The fourth-order valence-corrected chi connectivity index (χ4v) is 1.91. The fraction of sp³-hybridized carbons (Fsp3) is 0.417. The molecule has 1 atom stereocenters. The van der Waals surface area contributed by atoms with Crippen molar-refractivity contribution >= 4 is 23.3 Å². The van der Waals surface area contributed by atoms with Crippen LogP contribution in [0.4, 0.5) is 5.69 Å². The number of nitro groups is 1. The first-order valence-corrected chi connectivity index (χ1v) is 6.03. The maximum absolute atomic E-state index is 10.7. The number of nitro benzene ring substituents is 1. The molecule has 0 radical (unpaired) electrons. The van der Waals surface area contributed by atoms with Crippen molar-refractivity contribution in [3.8, 4) is 0 Å². The SMILES string of the molecule is CC(CN(C)Cc1ccc([N+](=O)[O-])cc1Cl)C(=O)O. The van der Waals surface area contributed by atoms with E-state index in [2.05, 4.69) is 0 Å². The summed E-state index contributed by atoms with van der Waals surface area (Å²) < 4.78 is 0. The summed E-state index contributed by atoms with van der Waals surface area (Å²) in [4.78, 5) is 22.6. The van der Waals surface area contributed by atoms with E-state index in [4.69, 9.17) is 16.7 Å². The summed E-state index contributed by atoms with van der Waals surface area (Å²) in [5.74, 6) is -1.34. The number of rotatable bonds is 6. The van der Waals surface area contributed by atoms with E-state index in [0.29, 0.717) is 18.1 Å². The smallest absolute Gasteiger partial charge is 0.307 e. The molecule has 1 aromatic carbocycles. The van der Waals surface area contributed by atoms with Crippen molar-refractivity contribution in [2.75, 3.05) is 13.6 Å². The minimum Gasteiger partial charge on any atom is -0.481 e. The van der Waals surface area contributed by atoms with Crippen LogP contribution in [0.25, 0.3) is 0 Å². The first-order chi connectivity index (χ1) is 8.81. The van der Waals surface area contributed by atoms with Gasteiger partial charge >= 0.3 is 5.97 Å². The number of carboxylic acid groups (broad SMARTS) is 1. The number of carbonyl (C=O) groups is 1. The summed E-state index contributed by atoms with van der Waals surface area (Å²) in [7, 11) is 1.77. The molecule has 0 heterocycles. The number of hydrogen-bond acceptors (Lipinski definition) is 4. The summed E-state index contributed by atoms with van der Waals surface area (Å²) in [6.07, 6.45) is 0. The minimum atomic E-state index is -0.860. The Morgan fingerprint density at radius 2 is 2.21 bits per heavy atom. The van der Waals surface area contributed by atoms with Crippen molar-refractivity contribution in [2.45, 2.75) is 13.5 Å². The molecule has 1 unspecified atom stereocenters. The van der Waals surface area contributed by atoms with Gasteiger partial charge in [0, 0.05) is 25.2 Å². The second-order valence-electron chi connectivity index (χ2n) is 4.47. The summed E-state index contributed by atoms with van der Waals surface area (Å²) in [6, 6.07) is 4.27. The molecule has 19 heavy (non-hydrogen) atoms.